The summed E-state index contributed by atoms with van der Waals surface area (Å²) in [7, 11) is 1.57. The molecule has 0 aliphatic heterocycles. The zero-order valence-electron chi connectivity index (χ0n) is 14.2. The van der Waals surface area contributed by atoms with Crippen molar-refractivity contribution >= 4 is 11.7 Å². The summed E-state index contributed by atoms with van der Waals surface area (Å²) in [6.07, 6.45) is 0.425. The lowest BCUT2D eigenvalue weighted by Gasteiger charge is -2.21. The van der Waals surface area contributed by atoms with E-state index in [0.717, 1.165) is 5.56 Å². The van der Waals surface area contributed by atoms with Crippen molar-refractivity contribution < 1.29 is 14.3 Å². The van der Waals surface area contributed by atoms with Crippen LogP contribution in [0.2, 0.25) is 0 Å². The van der Waals surface area contributed by atoms with E-state index in [-0.39, 0.29) is 24.5 Å². The number of methoxy groups -OCH3 is 1. The minimum Gasteiger partial charge on any atom is -0.497 e. The Bertz CT molecular complexity index is 682. The zero-order chi connectivity index (χ0) is 17.4. The molecule has 0 heterocycles. The number of carbonyl (C=O) groups is 2. The van der Waals surface area contributed by atoms with Gasteiger partial charge >= 0.3 is 0 Å². The number of benzene rings is 2. The van der Waals surface area contributed by atoms with Gasteiger partial charge in [-0.1, -0.05) is 42.5 Å². The SMILES string of the molecule is CCN(Cc1ccccc1)C(=O)CCC(=O)c1cccc(OC)c1. The molecule has 0 radical (unpaired) electrons. The number of ketones is 1. The van der Waals surface area contributed by atoms with Gasteiger partial charge in [-0.25, -0.2) is 0 Å². The van der Waals surface area contributed by atoms with Crippen LogP contribution in [0.25, 0.3) is 0 Å². The second kappa shape index (κ2) is 8.87. The monoisotopic (exact) mass is 325 g/mol. The Hall–Kier alpha value is -2.62. The molecule has 0 aromatic heterocycles. The summed E-state index contributed by atoms with van der Waals surface area (Å²) < 4.78 is 5.13. The molecule has 0 N–H and O–H groups in total. The van der Waals surface area contributed by atoms with Crippen LogP contribution in [0.1, 0.15) is 35.7 Å². The topological polar surface area (TPSA) is 46.6 Å². The molecule has 0 atom stereocenters. The van der Waals surface area contributed by atoms with Crippen LogP contribution in [-0.2, 0) is 11.3 Å². The molecule has 2 aromatic carbocycles. The highest BCUT2D eigenvalue weighted by molar-refractivity contribution is 5.98. The highest BCUT2D eigenvalue weighted by Gasteiger charge is 2.15. The maximum atomic E-state index is 12.4. The molecule has 2 rings (SSSR count). The van der Waals surface area contributed by atoms with Gasteiger partial charge in [0.05, 0.1) is 7.11 Å². The number of ether oxygens (including phenoxy) is 1. The van der Waals surface area contributed by atoms with Gasteiger partial charge in [-0.15, -0.1) is 0 Å². The van der Waals surface area contributed by atoms with Crippen LogP contribution in [0, 0.1) is 0 Å². The van der Waals surface area contributed by atoms with Crippen LogP contribution in [0.4, 0.5) is 0 Å². The van der Waals surface area contributed by atoms with Gasteiger partial charge in [0.2, 0.25) is 5.91 Å². The lowest BCUT2D eigenvalue weighted by Crippen LogP contribution is -2.30. The van der Waals surface area contributed by atoms with E-state index in [1.165, 1.54) is 0 Å². The van der Waals surface area contributed by atoms with Gasteiger partial charge in [-0.05, 0) is 24.6 Å². The fourth-order valence-corrected chi connectivity index (χ4v) is 2.50. The van der Waals surface area contributed by atoms with Crippen molar-refractivity contribution in [3.05, 3.63) is 65.7 Å². The third-order valence-electron chi connectivity index (χ3n) is 3.91. The molecule has 0 unspecified atom stereocenters. The predicted octanol–water partition coefficient (Wildman–Crippen LogP) is 3.71. The van der Waals surface area contributed by atoms with Crippen LogP contribution in [-0.4, -0.2) is 30.2 Å². The quantitative estimate of drug-likeness (QED) is 0.695. The largest absolute Gasteiger partial charge is 0.497 e. The zero-order valence-corrected chi connectivity index (χ0v) is 14.2. The predicted molar refractivity (Wildman–Crippen MR) is 94.1 cm³/mol. The number of carbonyl (C=O) groups excluding carboxylic acids is 2. The highest BCUT2D eigenvalue weighted by atomic mass is 16.5. The van der Waals surface area contributed by atoms with Crippen molar-refractivity contribution in [1.82, 2.24) is 4.90 Å². The van der Waals surface area contributed by atoms with E-state index in [9.17, 15) is 9.59 Å². The summed E-state index contributed by atoms with van der Waals surface area (Å²) in [5.74, 6) is 0.599. The molecule has 0 spiro atoms. The molecular formula is C20H23NO3. The Morgan fingerprint density at radius 3 is 2.42 bits per heavy atom. The second-order valence-electron chi connectivity index (χ2n) is 5.55. The Kier molecular flexibility index (Phi) is 6.55. The minimum atomic E-state index is -0.0435. The average Bonchev–Trinajstić information content (AvgIpc) is 2.64. The molecule has 0 aliphatic carbocycles. The smallest absolute Gasteiger partial charge is 0.223 e. The third-order valence-corrected chi connectivity index (χ3v) is 3.91. The first-order chi connectivity index (χ1) is 11.6. The maximum Gasteiger partial charge on any atom is 0.223 e. The molecule has 126 valence electrons. The summed E-state index contributed by atoms with van der Waals surface area (Å²) in [4.78, 5) is 26.4. The first-order valence-corrected chi connectivity index (χ1v) is 8.13. The third kappa shape index (κ3) is 4.95. The molecule has 0 saturated carbocycles. The molecule has 4 heteroatoms. The van der Waals surface area contributed by atoms with Crippen LogP contribution in [0.15, 0.2) is 54.6 Å². The van der Waals surface area contributed by atoms with E-state index in [2.05, 4.69) is 0 Å². The summed E-state index contributed by atoms with van der Waals surface area (Å²) >= 11 is 0. The molecule has 0 fully saturated rings. The van der Waals surface area contributed by atoms with E-state index >= 15 is 0 Å². The first kappa shape index (κ1) is 17.7. The average molecular weight is 325 g/mol. The summed E-state index contributed by atoms with van der Waals surface area (Å²) in [6.45, 7) is 3.15. The van der Waals surface area contributed by atoms with Crippen LogP contribution >= 0.6 is 0 Å². The van der Waals surface area contributed by atoms with Crippen molar-refractivity contribution in [2.24, 2.45) is 0 Å². The molecule has 4 nitrogen and oxygen atoms in total. The minimum absolute atomic E-state index is 0.00222. The first-order valence-electron chi connectivity index (χ1n) is 8.13. The van der Waals surface area contributed by atoms with Gasteiger partial charge in [0.1, 0.15) is 5.75 Å². The van der Waals surface area contributed by atoms with E-state index in [4.69, 9.17) is 4.74 Å². The van der Waals surface area contributed by atoms with E-state index in [1.807, 2.05) is 37.3 Å². The number of amides is 1. The lowest BCUT2D eigenvalue weighted by atomic mass is 10.1. The maximum absolute atomic E-state index is 12.4. The van der Waals surface area contributed by atoms with Crippen LogP contribution in [0.3, 0.4) is 0 Å². The van der Waals surface area contributed by atoms with Gasteiger partial charge in [0, 0.05) is 31.5 Å². The number of nitrogens with zero attached hydrogens (tertiary/aromatic N) is 1. The molecular weight excluding hydrogens is 302 g/mol. The Morgan fingerprint density at radius 2 is 1.75 bits per heavy atom. The summed E-state index contributed by atoms with van der Waals surface area (Å²) in [5.41, 5.74) is 1.67. The van der Waals surface area contributed by atoms with Crippen molar-refractivity contribution in [3.8, 4) is 5.75 Å². The summed E-state index contributed by atoms with van der Waals surface area (Å²) in [6, 6.07) is 16.9. The van der Waals surface area contributed by atoms with Crippen LogP contribution in [0.5, 0.6) is 5.75 Å². The Labute approximate surface area is 143 Å². The molecule has 24 heavy (non-hydrogen) atoms. The van der Waals surface area contributed by atoms with Gasteiger partial charge < -0.3 is 9.64 Å². The molecule has 1 amide bonds. The van der Waals surface area contributed by atoms with Gasteiger partial charge in [0.25, 0.3) is 0 Å². The van der Waals surface area contributed by atoms with E-state index < -0.39 is 0 Å². The van der Waals surface area contributed by atoms with Crippen molar-refractivity contribution in [1.29, 1.82) is 0 Å². The van der Waals surface area contributed by atoms with E-state index in [1.54, 1.807) is 36.3 Å². The number of Topliss-reactive ketones (excluding diaryl/α,β-unsaturated/α-hetero) is 1. The fraction of sp³-hybridized carbons (Fsp3) is 0.300. The van der Waals surface area contributed by atoms with Gasteiger partial charge in [-0.2, -0.15) is 0 Å². The van der Waals surface area contributed by atoms with Crippen molar-refractivity contribution in [2.45, 2.75) is 26.3 Å². The molecule has 2 aromatic rings. The van der Waals surface area contributed by atoms with Gasteiger partial charge in [0.15, 0.2) is 5.78 Å². The Morgan fingerprint density at radius 1 is 1.00 bits per heavy atom. The lowest BCUT2D eigenvalue weighted by molar-refractivity contribution is -0.131. The Balaban J connectivity index is 1.91. The second-order valence-corrected chi connectivity index (χ2v) is 5.55. The van der Waals surface area contributed by atoms with Crippen molar-refractivity contribution in [2.75, 3.05) is 13.7 Å². The standard InChI is InChI=1S/C20H23NO3/c1-3-21(15-16-8-5-4-6-9-16)20(23)13-12-19(22)17-10-7-11-18(14-17)24-2/h4-11,14H,3,12-13,15H2,1-2H3. The number of hydrogen-bond acceptors (Lipinski definition) is 3. The fourth-order valence-electron chi connectivity index (χ4n) is 2.50. The normalized spacial score (nSPS) is 10.2. The van der Waals surface area contributed by atoms with E-state index in [0.29, 0.717) is 24.4 Å². The molecule has 0 aliphatic rings. The summed E-state index contributed by atoms with van der Waals surface area (Å²) in [5, 5.41) is 0. The highest BCUT2D eigenvalue weighted by Crippen LogP contribution is 2.15. The number of rotatable bonds is 8. The molecule has 0 bridgehead atoms. The van der Waals surface area contributed by atoms with Crippen LogP contribution < -0.4 is 4.74 Å². The van der Waals surface area contributed by atoms with Crippen molar-refractivity contribution in [3.63, 3.8) is 0 Å². The number of hydrogen-bond donors (Lipinski definition) is 0. The van der Waals surface area contributed by atoms with Gasteiger partial charge in [-0.3, -0.25) is 9.59 Å². The molecule has 0 saturated heterocycles.